The SMILES string of the molecule is CCCCCCCCC(CC)C(N)CC. The Hall–Kier alpha value is -0.0400. The maximum Gasteiger partial charge on any atom is 0.00644 e. The Labute approximate surface area is 96.8 Å². The standard InChI is InChI=1S/C14H31N/c1-4-7-8-9-10-11-12-13(5-2)14(15)6-3/h13-14H,4-12,15H2,1-3H3. The van der Waals surface area contributed by atoms with Crippen LogP contribution in [0.15, 0.2) is 0 Å². The van der Waals surface area contributed by atoms with Gasteiger partial charge < -0.3 is 5.73 Å². The van der Waals surface area contributed by atoms with E-state index in [-0.39, 0.29) is 0 Å². The zero-order valence-corrected chi connectivity index (χ0v) is 11.1. The van der Waals surface area contributed by atoms with Gasteiger partial charge in [0.25, 0.3) is 0 Å². The second-order valence-electron chi connectivity index (χ2n) is 4.80. The molecule has 0 amide bonds. The van der Waals surface area contributed by atoms with Crippen molar-refractivity contribution in [3.05, 3.63) is 0 Å². The van der Waals surface area contributed by atoms with Crippen molar-refractivity contribution in [3.8, 4) is 0 Å². The van der Waals surface area contributed by atoms with Crippen LogP contribution in [-0.2, 0) is 0 Å². The van der Waals surface area contributed by atoms with Crippen molar-refractivity contribution in [1.29, 1.82) is 0 Å². The fourth-order valence-electron chi connectivity index (χ4n) is 2.24. The van der Waals surface area contributed by atoms with Crippen LogP contribution in [0.2, 0.25) is 0 Å². The van der Waals surface area contributed by atoms with E-state index in [1.54, 1.807) is 0 Å². The third kappa shape index (κ3) is 7.84. The summed E-state index contributed by atoms with van der Waals surface area (Å²) >= 11 is 0. The van der Waals surface area contributed by atoms with Crippen molar-refractivity contribution in [2.24, 2.45) is 11.7 Å². The molecule has 0 aromatic rings. The maximum absolute atomic E-state index is 6.09. The van der Waals surface area contributed by atoms with Gasteiger partial charge in [0.1, 0.15) is 0 Å². The van der Waals surface area contributed by atoms with E-state index in [2.05, 4.69) is 20.8 Å². The minimum absolute atomic E-state index is 0.436. The molecule has 0 aliphatic carbocycles. The van der Waals surface area contributed by atoms with Crippen LogP contribution in [0.1, 0.15) is 78.6 Å². The van der Waals surface area contributed by atoms with E-state index >= 15 is 0 Å². The molecule has 2 unspecified atom stereocenters. The molecule has 0 aliphatic rings. The Kier molecular flexibility index (Phi) is 10.4. The molecule has 0 fully saturated rings. The fraction of sp³-hybridized carbons (Fsp3) is 1.00. The lowest BCUT2D eigenvalue weighted by Gasteiger charge is -2.21. The topological polar surface area (TPSA) is 26.0 Å². The summed E-state index contributed by atoms with van der Waals surface area (Å²) in [5, 5.41) is 0. The van der Waals surface area contributed by atoms with Gasteiger partial charge in [-0.05, 0) is 18.8 Å². The van der Waals surface area contributed by atoms with Crippen LogP contribution in [0.4, 0.5) is 0 Å². The van der Waals surface area contributed by atoms with E-state index in [1.165, 1.54) is 51.4 Å². The number of nitrogens with two attached hydrogens (primary N) is 1. The first-order chi connectivity index (χ1) is 7.26. The van der Waals surface area contributed by atoms with Gasteiger partial charge in [0, 0.05) is 6.04 Å². The fourth-order valence-corrected chi connectivity index (χ4v) is 2.24. The first kappa shape index (κ1) is 15.0. The molecule has 0 aliphatic heterocycles. The molecule has 15 heavy (non-hydrogen) atoms. The molecule has 1 heteroatoms. The van der Waals surface area contributed by atoms with Gasteiger partial charge in [0.2, 0.25) is 0 Å². The van der Waals surface area contributed by atoms with E-state index in [4.69, 9.17) is 5.73 Å². The van der Waals surface area contributed by atoms with Gasteiger partial charge in [-0.25, -0.2) is 0 Å². The lowest BCUT2D eigenvalue weighted by molar-refractivity contribution is 0.358. The predicted molar refractivity (Wildman–Crippen MR) is 70.0 cm³/mol. The van der Waals surface area contributed by atoms with E-state index in [1.807, 2.05) is 0 Å². The number of rotatable bonds is 10. The Bertz CT molecular complexity index is 123. The van der Waals surface area contributed by atoms with E-state index in [0.717, 1.165) is 12.3 Å². The Balaban J connectivity index is 3.38. The van der Waals surface area contributed by atoms with Gasteiger partial charge in [-0.1, -0.05) is 65.7 Å². The van der Waals surface area contributed by atoms with Gasteiger partial charge in [-0.3, -0.25) is 0 Å². The first-order valence-corrected chi connectivity index (χ1v) is 7.01. The molecule has 1 nitrogen and oxygen atoms in total. The molecular formula is C14H31N. The molecule has 0 radical (unpaired) electrons. The van der Waals surface area contributed by atoms with Crippen molar-refractivity contribution in [1.82, 2.24) is 0 Å². The number of hydrogen-bond acceptors (Lipinski definition) is 1. The highest BCUT2D eigenvalue weighted by atomic mass is 14.6. The maximum atomic E-state index is 6.09. The predicted octanol–water partition coefficient (Wildman–Crippen LogP) is 4.50. The molecule has 92 valence electrons. The van der Waals surface area contributed by atoms with Crippen LogP contribution in [0.3, 0.4) is 0 Å². The third-order valence-electron chi connectivity index (χ3n) is 3.53. The first-order valence-electron chi connectivity index (χ1n) is 7.01. The van der Waals surface area contributed by atoms with Crippen molar-refractivity contribution in [2.75, 3.05) is 0 Å². The molecular weight excluding hydrogens is 182 g/mol. The summed E-state index contributed by atoms with van der Waals surface area (Å²) < 4.78 is 0. The highest BCUT2D eigenvalue weighted by Gasteiger charge is 2.12. The zero-order chi connectivity index (χ0) is 11.5. The summed E-state index contributed by atoms with van der Waals surface area (Å²) in [6, 6.07) is 0.436. The minimum atomic E-state index is 0.436. The molecule has 0 heterocycles. The van der Waals surface area contributed by atoms with Gasteiger partial charge in [-0.15, -0.1) is 0 Å². The van der Waals surface area contributed by atoms with Crippen LogP contribution in [0, 0.1) is 5.92 Å². The highest BCUT2D eigenvalue weighted by molar-refractivity contribution is 4.70. The lowest BCUT2D eigenvalue weighted by atomic mass is 9.90. The van der Waals surface area contributed by atoms with Crippen molar-refractivity contribution >= 4 is 0 Å². The minimum Gasteiger partial charge on any atom is -0.327 e. The Morgan fingerprint density at radius 3 is 1.93 bits per heavy atom. The quantitative estimate of drug-likeness (QED) is 0.531. The molecule has 2 atom stereocenters. The van der Waals surface area contributed by atoms with Crippen LogP contribution in [0.25, 0.3) is 0 Å². The second kappa shape index (κ2) is 10.5. The summed E-state index contributed by atoms with van der Waals surface area (Å²) in [6.07, 6.45) is 12.1. The summed E-state index contributed by atoms with van der Waals surface area (Å²) in [5.41, 5.74) is 6.09. The van der Waals surface area contributed by atoms with E-state index in [9.17, 15) is 0 Å². The largest absolute Gasteiger partial charge is 0.327 e. The summed E-state index contributed by atoms with van der Waals surface area (Å²) in [5.74, 6) is 0.765. The average Bonchev–Trinajstić information content (AvgIpc) is 2.27. The molecule has 0 bridgehead atoms. The van der Waals surface area contributed by atoms with Crippen LogP contribution < -0.4 is 5.73 Å². The lowest BCUT2D eigenvalue weighted by Crippen LogP contribution is -2.28. The normalized spacial score (nSPS) is 15.2. The number of hydrogen-bond donors (Lipinski definition) is 1. The average molecular weight is 213 g/mol. The van der Waals surface area contributed by atoms with Crippen molar-refractivity contribution in [2.45, 2.75) is 84.6 Å². The molecule has 2 N–H and O–H groups in total. The summed E-state index contributed by atoms with van der Waals surface area (Å²) in [6.45, 7) is 6.75. The molecule has 0 rings (SSSR count). The van der Waals surface area contributed by atoms with Gasteiger partial charge in [0.05, 0.1) is 0 Å². The molecule has 0 spiro atoms. The monoisotopic (exact) mass is 213 g/mol. The molecule has 0 saturated heterocycles. The van der Waals surface area contributed by atoms with E-state index in [0.29, 0.717) is 6.04 Å². The second-order valence-corrected chi connectivity index (χ2v) is 4.80. The molecule has 0 aromatic carbocycles. The Morgan fingerprint density at radius 2 is 1.40 bits per heavy atom. The third-order valence-corrected chi connectivity index (χ3v) is 3.53. The van der Waals surface area contributed by atoms with Crippen LogP contribution >= 0.6 is 0 Å². The van der Waals surface area contributed by atoms with Gasteiger partial charge in [0.15, 0.2) is 0 Å². The van der Waals surface area contributed by atoms with Crippen molar-refractivity contribution < 1.29 is 0 Å². The van der Waals surface area contributed by atoms with Gasteiger partial charge in [-0.2, -0.15) is 0 Å². The molecule has 0 saturated carbocycles. The zero-order valence-electron chi connectivity index (χ0n) is 11.1. The highest BCUT2D eigenvalue weighted by Crippen LogP contribution is 2.18. The molecule has 0 aromatic heterocycles. The summed E-state index contributed by atoms with van der Waals surface area (Å²) in [7, 11) is 0. The van der Waals surface area contributed by atoms with Crippen LogP contribution in [-0.4, -0.2) is 6.04 Å². The van der Waals surface area contributed by atoms with Crippen LogP contribution in [0.5, 0.6) is 0 Å². The van der Waals surface area contributed by atoms with Crippen molar-refractivity contribution in [3.63, 3.8) is 0 Å². The number of unbranched alkanes of at least 4 members (excludes halogenated alkanes) is 5. The van der Waals surface area contributed by atoms with E-state index < -0.39 is 0 Å². The smallest absolute Gasteiger partial charge is 0.00644 e. The Morgan fingerprint density at radius 1 is 0.800 bits per heavy atom. The van der Waals surface area contributed by atoms with Gasteiger partial charge >= 0.3 is 0 Å². The summed E-state index contributed by atoms with van der Waals surface area (Å²) in [4.78, 5) is 0.